The predicted molar refractivity (Wildman–Crippen MR) is 98.0 cm³/mol. The molecule has 0 spiro atoms. The second-order valence-corrected chi connectivity index (χ2v) is 5.63. The third-order valence-electron chi connectivity index (χ3n) is 4.02. The second-order valence-electron chi connectivity index (χ2n) is 5.63. The van der Waals surface area contributed by atoms with Crippen molar-refractivity contribution >= 4 is 22.5 Å². The van der Waals surface area contributed by atoms with Gasteiger partial charge < -0.3 is 14.6 Å². The number of aromatic nitrogens is 4. The number of aryl methyl sites for hydroxylation is 1. The lowest BCUT2D eigenvalue weighted by Gasteiger charge is -2.06. The lowest BCUT2D eigenvalue weighted by molar-refractivity contribution is 0.398. The maximum atomic E-state index is 5.07. The maximum Gasteiger partial charge on any atom is 0.213 e. The fourth-order valence-electron chi connectivity index (χ4n) is 2.73. The zero-order valence-electron chi connectivity index (χ0n) is 14.0. The van der Waals surface area contributed by atoms with Crippen LogP contribution in [0, 0.1) is 0 Å². The number of anilines is 2. The number of ether oxygens (including phenoxy) is 1. The Kier molecular flexibility index (Phi) is 3.78. The number of hydrogen-bond donors (Lipinski definition) is 1. The molecule has 0 aliphatic rings. The molecule has 0 saturated carbocycles. The summed E-state index contributed by atoms with van der Waals surface area (Å²) in [5.74, 6) is 2.23. The van der Waals surface area contributed by atoms with Crippen LogP contribution in [-0.4, -0.2) is 26.6 Å². The van der Waals surface area contributed by atoms with Crippen molar-refractivity contribution in [2.45, 2.75) is 0 Å². The minimum atomic E-state index is 0.577. The number of nitrogens with zero attached hydrogens (tertiary/aromatic N) is 4. The molecule has 1 N–H and O–H groups in total. The van der Waals surface area contributed by atoms with Crippen molar-refractivity contribution in [3.8, 4) is 17.3 Å². The van der Waals surface area contributed by atoms with Gasteiger partial charge in [0.15, 0.2) is 0 Å². The van der Waals surface area contributed by atoms with Crippen molar-refractivity contribution in [2.75, 3.05) is 12.4 Å². The smallest absolute Gasteiger partial charge is 0.213 e. The first-order valence-corrected chi connectivity index (χ1v) is 7.89. The van der Waals surface area contributed by atoms with Crippen LogP contribution in [0.3, 0.4) is 0 Å². The summed E-state index contributed by atoms with van der Waals surface area (Å²) >= 11 is 0. The van der Waals surface area contributed by atoms with Gasteiger partial charge in [-0.1, -0.05) is 30.3 Å². The molecular weight excluding hydrogens is 314 g/mol. The van der Waals surface area contributed by atoms with Crippen molar-refractivity contribution in [1.82, 2.24) is 19.5 Å². The molecule has 3 aromatic heterocycles. The van der Waals surface area contributed by atoms with E-state index in [2.05, 4.69) is 32.0 Å². The first-order valence-electron chi connectivity index (χ1n) is 7.89. The number of imidazole rings is 1. The topological polar surface area (TPSA) is 64.9 Å². The number of fused-ring (bicyclic) bond motifs is 1. The fourth-order valence-corrected chi connectivity index (χ4v) is 2.73. The first kappa shape index (κ1) is 15.1. The molecule has 0 saturated heterocycles. The Labute approximate surface area is 145 Å². The summed E-state index contributed by atoms with van der Waals surface area (Å²) in [5.41, 5.74) is 3.80. The number of pyridine rings is 2. The van der Waals surface area contributed by atoms with Gasteiger partial charge in [0, 0.05) is 24.7 Å². The third-order valence-corrected chi connectivity index (χ3v) is 4.02. The molecule has 4 rings (SSSR count). The first-order chi connectivity index (χ1) is 12.2. The summed E-state index contributed by atoms with van der Waals surface area (Å²) in [6, 6.07) is 15.8. The van der Waals surface area contributed by atoms with Crippen LogP contribution >= 0.6 is 0 Å². The highest BCUT2D eigenvalue weighted by atomic mass is 16.5. The van der Waals surface area contributed by atoms with Crippen LogP contribution in [0.5, 0.6) is 5.88 Å². The number of rotatable bonds is 4. The van der Waals surface area contributed by atoms with Gasteiger partial charge in [0.05, 0.1) is 30.7 Å². The molecule has 3 heterocycles. The van der Waals surface area contributed by atoms with Crippen molar-refractivity contribution in [1.29, 1.82) is 0 Å². The SMILES string of the molecule is COc1ccc(Nc2cc3c(cn2)nc(-c2ccccc2)n3C)cn1. The molecule has 124 valence electrons. The Bertz CT molecular complexity index is 1010. The van der Waals surface area contributed by atoms with Gasteiger partial charge in [0.2, 0.25) is 5.88 Å². The maximum absolute atomic E-state index is 5.07. The molecule has 0 aliphatic carbocycles. The Morgan fingerprint density at radius 3 is 2.56 bits per heavy atom. The van der Waals surface area contributed by atoms with E-state index in [1.165, 1.54) is 0 Å². The van der Waals surface area contributed by atoms with Gasteiger partial charge in [-0.25, -0.2) is 15.0 Å². The van der Waals surface area contributed by atoms with Crippen molar-refractivity contribution < 1.29 is 4.74 Å². The number of nitrogens with one attached hydrogen (secondary N) is 1. The Hall–Kier alpha value is -3.41. The highest BCUT2D eigenvalue weighted by Gasteiger charge is 2.11. The van der Waals surface area contributed by atoms with Gasteiger partial charge in [-0.15, -0.1) is 0 Å². The second kappa shape index (κ2) is 6.24. The third kappa shape index (κ3) is 2.89. The molecule has 25 heavy (non-hydrogen) atoms. The molecule has 0 amide bonds. The fraction of sp³-hybridized carbons (Fsp3) is 0.105. The van der Waals surface area contributed by atoms with Crippen LogP contribution in [0.1, 0.15) is 0 Å². The normalized spacial score (nSPS) is 10.8. The van der Waals surface area contributed by atoms with Gasteiger partial charge in [-0.05, 0) is 6.07 Å². The average molecular weight is 331 g/mol. The molecule has 6 heteroatoms. The molecule has 0 fully saturated rings. The highest BCUT2D eigenvalue weighted by Crippen LogP contribution is 2.25. The lowest BCUT2D eigenvalue weighted by Crippen LogP contribution is -1.96. The molecule has 0 atom stereocenters. The van der Waals surface area contributed by atoms with Crippen LogP contribution in [0.2, 0.25) is 0 Å². The van der Waals surface area contributed by atoms with E-state index in [4.69, 9.17) is 9.72 Å². The number of hydrogen-bond acceptors (Lipinski definition) is 5. The van der Waals surface area contributed by atoms with Crippen molar-refractivity contribution in [3.05, 3.63) is 60.9 Å². The van der Waals surface area contributed by atoms with Crippen LogP contribution in [0.25, 0.3) is 22.4 Å². The Balaban J connectivity index is 1.69. The van der Waals surface area contributed by atoms with Crippen LogP contribution < -0.4 is 10.1 Å². The molecule has 0 aliphatic heterocycles. The number of methoxy groups -OCH3 is 1. The summed E-state index contributed by atoms with van der Waals surface area (Å²) in [5, 5.41) is 3.25. The Morgan fingerprint density at radius 2 is 1.84 bits per heavy atom. The average Bonchev–Trinajstić information content (AvgIpc) is 2.99. The van der Waals surface area contributed by atoms with Crippen LogP contribution in [0.15, 0.2) is 60.9 Å². The van der Waals surface area contributed by atoms with Gasteiger partial charge in [-0.3, -0.25) is 0 Å². The molecule has 0 bridgehead atoms. The lowest BCUT2D eigenvalue weighted by atomic mass is 10.2. The van der Waals surface area contributed by atoms with E-state index in [0.29, 0.717) is 5.88 Å². The van der Waals surface area contributed by atoms with Gasteiger partial charge >= 0.3 is 0 Å². The summed E-state index contributed by atoms with van der Waals surface area (Å²) in [6.07, 6.45) is 3.49. The van der Waals surface area contributed by atoms with E-state index < -0.39 is 0 Å². The van der Waals surface area contributed by atoms with E-state index in [1.54, 1.807) is 25.6 Å². The minimum absolute atomic E-state index is 0.577. The van der Waals surface area contributed by atoms with Gasteiger partial charge in [0.1, 0.15) is 17.2 Å². The largest absolute Gasteiger partial charge is 0.481 e. The minimum Gasteiger partial charge on any atom is -0.481 e. The van der Waals surface area contributed by atoms with Crippen molar-refractivity contribution in [3.63, 3.8) is 0 Å². The molecular formula is C19H17N5O. The quantitative estimate of drug-likeness (QED) is 0.616. The molecule has 4 aromatic rings. The Morgan fingerprint density at radius 1 is 1.00 bits per heavy atom. The molecule has 0 radical (unpaired) electrons. The summed E-state index contributed by atoms with van der Waals surface area (Å²) < 4.78 is 7.14. The van der Waals surface area contributed by atoms with E-state index in [9.17, 15) is 0 Å². The van der Waals surface area contributed by atoms with E-state index in [0.717, 1.165) is 33.9 Å². The predicted octanol–water partition coefficient (Wildman–Crippen LogP) is 3.78. The van der Waals surface area contributed by atoms with Gasteiger partial charge in [0.25, 0.3) is 0 Å². The van der Waals surface area contributed by atoms with E-state index in [1.807, 2.05) is 37.4 Å². The zero-order valence-corrected chi connectivity index (χ0v) is 14.0. The monoisotopic (exact) mass is 331 g/mol. The highest BCUT2D eigenvalue weighted by molar-refractivity contribution is 5.82. The summed E-state index contributed by atoms with van der Waals surface area (Å²) in [7, 11) is 3.61. The van der Waals surface area contributed by atoms with Gasteiger partial charge in [-0.2, -0.15) is 0 Å². The molecule has 6 nitrogen and oxygen atoms in total. The summed E-state index contributed by atoms with van der Waals surface area (Å²) in [6.45, 7) is 0. The van der Waals surface area contributed by atoms with E-state index >= 15 is 0 Å². The standard InChI is InChI=1S/C19H17N5O/c1-24-16-10-17(22-14-8-9-18(25-2)21-11-14)20-12-15(16)23-19(24)13-6-4-3-5-7-13/h3-12H,1-2H3,(H,20,22). The summed E-state index contributed by atoms with van der Waals surface area (Å²) in [4.78, 5) is 13.3. The van der Waals surface area contributed by atoms with Crippen molar-refractivity contribution in [2.24, 2.45) is 7.05 Å². The van der Waals surface area contributed by atoms with Crippen LogP contribution in [0.4, 0.5) is 11.5 Å². The van der Waals surface area contributed by atoms with Crippen LogP contribution in [-0.2, 0) is 7.05 Å². The molecule has 0 unspecified atom stereocenters. The zero-order chi connectivity index (χ0) is 17.2. The molecule has 1 aromatic carbocycles. The number of benzene rings is 1. The van der Waals surface area contributed by atoms with E-state index in [-0.39, 0.29) is 0 Å².